The van der Waals surface area contributed by atoms with E-state index < -0.39 is 21.8 Å². The van der Waals surface area contributed by atoms with E-state index in [1.165, 1.54) is 29.8 Å². The van der Waals surface area contributed by atoms with E-state index in [1.54, 1.807) is 18.2 Å². The Bertz CT molecular complexity index is 1340. The molecule has 0 heterocycles. The highest BCUT2D eigenvalue weighted by atomic mass is 35.5. The molecule has 1 fully saturated rings. The molecule has 176 valence electrons. The van der Waals surface area contributed by atoms with Crippen LogP contribution in [0.4, 0.5) is 0 Å². The number of hydrazine groups is 1. The average molecular weight is 519 g/mol. The van der Waals surface area contributed by atoms with Crippen molar-refractivity contribution in [2.45, 2.75) is 23.8 Å². The Morgan fingerprint density at radius 3 is 2.44 bits per heavy atom. The van der Waals surface area contributed by atoms with Gasteiger partial charge in [0.1, 0.15) is 12.4 Å². The lowest BCUT2D eigenvalue weighted by Gasteiger charge is -2.17. The second-order valence-corrected chi connectivity index (χ2v) is 10.9. The second kappa shape index (κ2) is 8.87. The van der Waals surface area contributed by atoms with Gasteiger partial charge in [-0.15, -0.1) is 5.17 Å². The summed E-state index contributed by atoms with van der Waals surface area (Å²) in [5.41, 5.74) is 3.06. The molecule has 0 radical (unpaired) electrons. The van der Waals surface area contributed by atoms with Gasteiger partial charge in [-0.05, 0) is 71.5 Å². The molecule has 2 aliphatic carbocycles. The fourth-order valence-electron chi connectivity index (χ4n) is 4.62. The van der Waals surface area contributed by atoms with Crippen molar-refractivity contribution >= 4 is 39.1 Å². The van der Waals surface area contributed by atoms with Gasteiger partial charge in [-0.1, -0.05) is 52.3 Å². The summed E-state index contributed by atoms with van der Waals surface area (Å²) in [7, 11) is -4.17. The van der Waals surface area contributed by atoms with Gasteiger partial charge in [0.15, 0.2) is 0 Å². The zero-order valence-electron chi connectivity index (χ0n) is 17.7. The summed E-state index contributed by atoms with van der Waals surface area (Å²) in [6.07, 6.45) is 0.751. The van der Waals surface area contributed by atoms with Crippen molar-refractivity contribution in [2.24, 2.45) is 11.8 Å². The Morgan fingerprint density at radius 2 is 1.74 bits per heavy atom. The van der Waals surface area contributed by atoms with E-state index in [9.17, 15) is 18.4 Å². The number of ether oxygens (including phenoxy) is 1. The number of carbonyl (C=O) groups excluding carboxylic acids is 1. The largest absolute Gasteiger partial charge is 0.489 e. The molecule has 1 amide bonds. The van der Waals surface area contributed by atoms with E-state index in [1.807, 2.05) is 29.1 Å². The van der Waals surface area contributed by atoms with E-state index >= 15 is 0 Å². The number of nitrogens with zero attached hydrogens (tertiary/aromatic N) is 1. The number of nitrogens with one attached hydrogen (secondary N) is 1. The Morgan fingerprint density at radius 1 is 1.06 bits per heavy atom. The van der Waals surface area contributed by atoms with Crippen LogP contribution in [0.15, 0.2) is 71.6 Å². The van der Waals surface area contributed by atoms with Crippen molar-refractivity contribution in [3.05, 3.63) is 93.5 Å². The van der Waals surface area contributed by atoms with E-state index in [-0.39, 0.29) is 28.5 Å². The fraction of sp³-hybridized carbons (Fsp3) is 0.208. The first-order valence-corrected chi connectivity index (χ1v) is 12.8. The minimum Gasteiger partial charge on any atom is -0.489 e. The van der Waals surface area contributed by atoms with Crippen LogP contribution >= 0.6 is 23.2 Å². The van der Waals surface area contributed by atoms with Gasteiger partial charge in [0.05, 0.1) is 10.8 Å². The zero-order valence-corrected chi connectivity index (χ0v) is 20.0. The molecular weight excluding hydrogens is 499 g/mol. The molecule has 1 saturated carbocycles. The summed E-state index contributed by atoms with van der Waals surface area (Å²) in [6, 6.07) is 18.5. The number of hydroxylamine groups is 1. The fourth-order valence-corrected chi connectivity index (χ4v) is 6.11. The van der Waals surface area contributed by atoms with Gasteiger partial charge in [0.2, 0.25) is 0 Å². The smallest absolute Gasteiger partial charge is 0.266 e. The van der Waals surface area contributed by atoms with E-state index in [0.29, 0.717) is 15.8 Å². The number of fused-ring (bicyclic) bond motifs is 3. The minimum absolute atomic E-state index is 0.0219. The van der Waals surface area contributed by atoms with E-state index in [0.717, 1.165) is 17.5 Å². The third-order valence-electron chi connectivity index (χ3n) is 6.20. The number of sulfonamides is 1. The maximum absolute atomic E-state index is 12.7. The van der Waals surface area contributed by atoms with Gasteiger partial charge in [0, 0.05) is 16.0 Å². The molecule has 3 aromatic rings. The topological polar surface area (TPSA) is 95.9 Å². The van der Waals surface area contributed by atoms with Crippen LogP contribution in [-0.4, -0.2) is 24.7 Å². The molecule has 3 atom stereocenters. The number of hydrogen-bond acceptors (Lipinski definition) is 5. The molecule has 0 aromatic heterocycles. The molecule has 10 heteroatoms. The summed E-state index contributed by atoms with van der Waals surface area (Å²) in [5.74, 6) is -0.549. The third-order valence-corrected chi connectivity index (χ3v) is 7.94. The molecule has 0 spiro atoms. The van der Waals surface area contributed by atoms with Crippen LogP contribution in [0, 0.1) is 11.8 Å². The van der Waals surface area contributed by atoms with Gasteiger partial charge < -0.3 is 4.74 Å². The van der Waals surface area contributed by atoms with Gasteiger partial charge >= 0.3 is 0 Å². The normalized spacial score (nSPS) is 20.4. The monoisotopic (exact) mass is 518 g/mol. The Kier molecular flexibility index (Phi) is 6.03. The van der Waals surface area contributed by atoms with Crippen molar-refractivity contribution in [2.75, 3.05) is 0 Å². The first-order valence-electron chi connectivity index (χ1n) is 10.5. The highest BCUT2D eigenvalue weighted by Gasteiger charge is 2.60. The Labute approximate surface area is 206 Å². The summed E-state index contributed by atoms with van der Waals surface area (Å²) < 4.78 is 31.0. The number of benzene rings is 3. The highest BCUT2D eigenvalue weighted by Crippen LogP contribution is 2.61. The van der Waals surface area contributed by atoms with Crippen molar-refractivity contribution < 1.29 is 23.2 Å². The lowest BCUT2D eigenvalue weighted by molar-refractivity contribution is -0.174. The third kappa shape index (κ3) is 4.52. The molecule has 2 aliphatic rings. The minimum atomic E-state index is -4.17. The molecule has 7 nitrogen and oxygen atoms in total. The molecule has 34 heavy (non-hydrogen) atoms. The van der Waals surface area contributed by atoms with E-state index in [2.05, 4.69) is 0 Å². The summed E-state index contributed by atoms with van der Waals surface area (Å²) in [5, 5.41) is 11.3. The van der Waals surface area contributed by atoms with Crippen molar-refractivity contribution in [1.29, 1.82) is 0 Å². The lowest BCUT2D eigenvalue weighted by atomic mass is 10.0. The molecule has 5 rings (SSSR count). The molecule has 0 saturated heterocycles. The molecule has 3 aromatic carbocycles. The maximum Gasteiger partial charge on any atom is 0.266 e. The molecule has 0 unspecified atom stereocenters. The number of carbonyl (C=O) groups is 1. The SMILES string of the molecule is O=C([C@@H]1[C@H]2Cc3ccccc3[C@@H]21)N(O)NS(=O)(=O)c1ccc(OCc2cc(Cl)cc(Cl)c2)cc1. The van der Waals surface area contributed by atoms with Crippen LogP contribution in [0.25, 0.3) is 0 Å². The van der Waals surface area contributed by atoms with Crippen LogP contribution in [0.3, 0.4) is 0 Å². The van der Waals surface area contributed by atoms with Crippen molar-refractivity contribution in [3.63, 3.8) is 0 Å². The zero-order chi connectivity index (χ0) is 24.0. The van der Waals surface area contributed by atoms with Crippen LogP contribution in [-0.2, 0) is 27.8 Å². The van der Waals surface area contributed by atoms with Gasteiger partial charge in [-0.25, -0.2) is 8.42 Å². The van der Waals surface area contributed by atoms with Gasteiger partial charge in [-0.2, -0.15) is 0 Å². The molecule has 0 bridgehead atoms. The molecule has 2 N–H and O–H groups in total. The standard InChI is InChI=1S/C24H20Cl2N2O5S/c25-16-9-14(10-17(26)12-16)13-33-18-5-7-19(8-6-18)34(31,32)27-28(30)24(29)23-21-11-15-3-1-2-4-20(15)22(21)23/h1-10,12,21-23,27,30H,11,13H2/t21-,22-,23+/m0/s1. The lowest BCUT2D eigenvalue weighted by Crippen LogP contribution is -2.45. The van der Waals surface area contributed by atoms with Crippen LogP contribution < -0.4 is 9.57 Å². The van der Waals surface area contributed by atoms with E-state index in [4.69, 9.17) is 27.9 Å². The number of hydrogen-bond donors (Lipinski definition) is 2. The Balaban J connectivity index is 1.20. The van der Waals surface area contributed by atoms with Crippen LogP contribution in [0.5, 0.6) is 5.75 Å². The second-order valence-electron chi connectivity index (χ2n) is 8.40. The van der Waals surface area contributed by atoms with Gasteiger partial charge in [0.25, 0.3) is 15.9 Å². The quantitative estimate of drug-likeness (QED) is 0.352. The number of rotatable bonds is 7. The van der Waals surface area contributed by atoms with Crippen LogP contribution in [0.1, 0.15) is 22.6 Å². The molecule has 0 aliphatic heterocycles. The highest BCUT2D eigenvalue weighted by molar-refractivity contribution is 7.89. The van der Waals surface area contributed by atoms with Crippen molar-refractivity contribution in [1.82, 2.24) is 10.0 Å². The number of halogens is 2. The summed E-state index contributed by atoms with van der Waals surface area (Å²) >= 11 is 12.0. The maximum atomic E-state index is 12.7. The molecular formula is C24H20Cl2N2O5S. The predicted molar refractivity (Wildman–Crippen MR) is 126 cm³/mol. The summed E-state index contributed by atoms with van der Waals surface area (Å²) in [4.78, 5) is 14.5. The first kappa shape index (κ1) is 23.1. The Hall–Kier alpha value is -2.62. The predicted octanol–water partition coefficient (Wildman–Crippen LogP) is 4.57. The number of amides is 1. The first-order chi connectivity index (χ1) is 16.2. The summed E-state index contributed by atoms with van der Waals surface area (Å²) in [6.45, 7) is 0.191. The van der Waals surface area contributed by atoms with Gasteiger partial charge in [-0.3, -0.25) is 10.0 Å². The van der Waals surface area contributed by atoms with Crippen LogP contribution in [0.2, 0.25) is 10.0 Å². The van der Waals surface area contributed by atoms with Crippen molar-refractivity contribution in [3.8, 4) is 5.75 Å². The average Bonchev–Trinajstić information content (AvgIpc) is 3.37.